The Kier molecular flexibility index (Phi) is 8.38. The summed E-state index contributed by atoms with van der Waals surface area (Å²) in [5, 5.41) is 0. The summed E-state index contributed by atoms with van der Waals surface area (Å²) in [6.07, 6.45) is 4.76. The average molecular weight is 214 g/mol. The molecule has 90 valence electrons. The van der Waals surface area contributed by atoms with Gasteiger partial charge in [0.2, 0.25) is 5.91 Å². The van der Waals surface area contributed by atoms with E-state index in [1.807, 2.05) is 18.7 Å². The maximum absolute atomic E-state index is 11.7. The Morgan fingerprint density at radius 1 is 1.33 bits per heavy atom. The zero-order chi connectivity index (χ0) is 11.7. The van der Waals surface area contributed by atoms with Gasteiger partial charge in [-0.3, -0.25) is 4.79 Å². The van der Waals surface area contributed by atoms with Gasteiger partial charge in [-0.15, -0.1) is 0 Å². The van der Waals surface area contributed by atoms with Gasteiger partial charge in [0.05, 0.1) is 0 Å². The van der Waals surface area contributed by atoms with E-state index in [1.54, 1.807) is 0 Å². The van der Waals surface area contributed by atoms with E-state index >= 15 is 0 Å². The monoisotopic (exact) mass is 214 g/mol. The number of unbranched alkanes of at least 4 members (excludes halogenated alkanes) is 1. The largest absolute Gasteiger partial charge is 0.343 e. The Labute approximate surface area is 94.0 Å². The number of carbonyl (C=O) groups is 1. The molecule has 2 N–H and O–H groups in total. The minimum atomic E-state index is 0.212. The quantitative estimate of drug-likeness (QED) is 0.673. The number of carbonyl (C=O) groups excluding carboxylic acids is 1. The van der Waals surface area contributed by atoms with Gasteiger partial charge in [0.1, 0.15) is 0 Å². The average Bonchev–Trinajstić information content (AvgIpc) is 2.18. The van der Waals surface area contributed by atoms with Crippen LogP contribution in [0.4, 0.5) is 0 Å². The maximum Gasteiger partial charge on any atom is 0.222 e. The molecule has 0 aliphatic heterocycles. The van der Waals surface area contributed by atoms with E-state index in [1.165, 1.54) is 0 Å². The molecule has 3 nitrogen and oxygen atoms in total. The zero-order valence-electron chi connectivity index (χ0n) is 10.5. The Balaban J connectivity index is 3.73. The highest BCUT2D eigenvalue weighted by Gasteiger charge is 2.10. The van der Waals surface area contributed by atoms with Gasteiger partial charge >= 0.3 is 0 Å². The lowest BCUT2D eigenvalue weighted by Crippen LogP contribution is -2.31. The molecule has 0 aliphatic carbocycles. The third-order valence-electron chi connectivity index (χ3n) is 2.57. The molecule has 0 saturated heterocycles. The van der Waals surface area contributed by atoms with Crippen LogP contribution in [0.5, 0.6) is 0 Å². The van der Waals surface area contributed by atoms with Crippen molar-refractivity contribution in [1.29, 1.82) is 0 Å². The van der Waals surface area contributed by atoms with E-state index in [2.05, 4.69) is 6.92 Å². The second-order valence-corrected chi connectivity index (χ2v) is 4.20. The van der Waals surface area contributed by atoms with Crippen molar-refractivity contribution in [2.24, 2.45) is 5.73 Å². The van der Waals surface area contributed by atoms with E-state index in [-0.39, 0.29) is 11.9 Å². The van der Waals surface area contributed by atoms with Crippen molar-refractivity contribution in [3.05, 3.63) is 0 Å². The molecule has 0 aliphatic rings. The highest BCUT2D eigenvalue weighted by molar-refractivity contribution is 5.76. The number of hydrogen-bond donors (Lipinski definition) is 1. The molecule has 0 aromatic carbocycles. The van der Waals surface area contributed by atoms with Crippen LogP contribution < -0.4 is 5.73 Å². The fourth-order valence-electron chi connectivity index (χ4n) is 1.54. The molecule has 0 bridgehead atoms. The first-order valence-corrected chi connectivity index (χ1v) is 6.15. The highest BCUT2D eigenvalue weighted by atomic mass is 16.2. The fraction of sp³-hybridized carbons (Fsp3) is 0.917. The fourth-order valence-corrected chi connectivity index (χ4v) is 1.54. The van der Waals surface area contributed by atoms with Crippen molar-refractivity contribution in [2.45, 2.75) is 58.9 Å². The van der Waals surface area contributed by atoms with Crippen molar-refractivity contribution < 1.29 is 4.79 Å². The number of amides is 1. The van der Waals surface area contributed by atoms with E-state index in [4.69, 9.17) is 5.73 Å². The van der Waals surface area contributed by atoms with E-state index < -0.39 is 0 Å². The molecule has 1 atom stereocenters. The lowest BCUT2D eigenvalue weighted by Gasteiger charge is -2.20. The maximum atomic E-state index is 11.7. The van der Waals surface area contributed by atoms with Gasteiger partial charge in [0.15, 0.2) is 0 Å². The van der Waals surface area contributed by atoms with Crippen LogP contribution in [0, 0.1) is 0 Å². The Morgan fingerprint density at radius 3 is 2.47 bits per heavy atom. The summed E-state index contributed by atoms with van der Waals surface area (Å²) in [5.74, 6) is 0.284. The Bertz CT molecular complexity index is 169. The predicted octanol–water partition coefficient (Wildman–Crippen LogP) is 2.15. The molecule has 0 aromatic rings. The van der Waals surface area contributed by atoms with Crippen LogP contribution in [-0.2, 0) is 4.79 Å². The molecule has 0 fully saturated rings. The first kappa shape index (κ1) is 14.4. The second-order valence-electron chi connectivity index (χ2n) is 4.20. The third kappa shape index (κ3) is 7.37. The van der Waals surface area contributed by atoms with E-state index in [0.29, 0.717) is 6.42 Å². The van der Waals surface area contributed by atoms with Crippen molar-refractivity contribution in [3.8, 4) is 0 Å². The first-order valence-electron chi connectivity index (χ1n) is 6.15. The summed E-state index contributed by atoms with van der Waals surface area (Å²) in [6.45, 7) is 7.91. The van der Waals surface area contributed by atoms with Crippen molar-refractivity contribution >= 4 is 5.91 Å². The van der Waals surface area contributed by atoms with Gasteiger partial charge < -0.3 is 10.6 Å². The highest BCUT2D eigenvalue weighted by Crippen LogP contribution is 2.04. The summed E-state index contributed by atoms with van der Waals surface area (Å²) in [4.78, 5) is 13.7. The van der Waals surface area contributed by atoms with Crippen LogP contribution >= 0.6 is 0 Å². The minimum absolute atomic E-state index is 0.212. The van der Waals surface area contributed by atoms with Gasteiger partial charge in [-0.1, -0.05) is 13.3 Å². The van der Waals surface area contributed by atoms with Crippen molar-refractivity contribution in [3.63, 3.8) is 0 Å². The number of nitrogens with two attached hydrogens (primary N) is 1. The summed E-state index contributed by atoms with van der Waals surface area (Å²) in [7, 11) is 0. The predicted molar refractivity (Wildman–Crippen MR) is 64.7 cm³/mol. The number of nitrogens with zero attached hydrogens (tertiary/aromatic N) is 1. The lowest BCUT2D eigenvalue weighted by molar-refractivity contribution is -0.131. The normalized spacial score (nSPS) is 12.5. The minimum Gasteiger partial charge on any atom is -0.343 e. The molecule has 1 amide bonds. The van der Waals surface area contributed by atoms with Crippen LogP contribution in [0.3, 0.4) is 0 Å². The Morgan fingerprint density at radius 2 is 2.00 bits per heavy atom. The molecular weight excluding hydrogens is 188 g/mol. The van der Waals surface area contributed by atoms with Gasteiger partial charge in [0, 0.05) is 25.6 Å². The van der Waals surface area contributed by atoms with Crippen molar-refractivity contribution in [2.75, 3.05) is 13.1 Å². The summed E-state index contributed by atoms with van der Waals surface area (Å²) < 4.78 is 0. The summed E-state index contributed by atoms with van der Waals surface area (Å²) in [5.41, 5.74) is 5.64. The molecular formula is C12H26N2O. The third-order valence-corrected chi connectivity index (χ3v) is 2.57. The molecule has 0 rings (SSSR count). The molecule has 0 radical (unpaired) electrons. The zero-order valence-corrected chi connectivity index (χ0v) is 10.5. The molecule has 15 heavy (non-hydrogen) atoms. The number of hydrogen-bond acceptors (Lipinski definition) is 2. The Hall–Kier alpha value is -0.570. The van der Waals surface area contributed by atoms with Gasteiger partial charge in [-0.2, -0.15) is 0 Å². The van der Waals surface area contributed by atoms with Gasteiger partial charge in [-0.05, 0) is 33.1 Å². The van der Waals surface area contributed by atoms with E-state index in [0.717, 1.165) is 38.8 Å². The van der Waals surface area contributed by atoms with Crippen LogP contribution in [0.1, 0.15) is 52.9 Å². The molecule has 3 heteroatoms. The second kappa shape index (κ2) is 8.72. The van der Waals surface area contributed by atoms with Gasteiger partial charge in [-0.25, -0.2) is 0 Å². The van der Waals surface area contributed by atoms with Gasteiger partial charge in [0.25, 0.3) is 0 Å². The van der Waals surface area contributed by atoms with E-state index in [9.17, 15) is 4.79 Å². The summed E-state index contributed by atoms with van der Waals surface area (Å²) in [6, 6.07) is 0.212. The SMILES string of the molecule is CCCCN(CC)C(=O)CCCC(C)N. The molecule has 1 unspecified atom stereocenters. The van der Waals surface area contributed by atoms with Crippen LogP contribution in [-0.4, -0.2) is 29.9 Å². The summed E-state index contributed by atoms with van der Waals surface area (Å²) >= 11 is 0. The van der Waals surface area contributed by atoms with Crippen LogP contribution in [0.25, 0.3) is 0 Å². The molecule has 0 heterocycles. The van der Waals surface area contributed by atoms with Crippen LogP contribution in [0.2, 0.25) is 0 Å². The topological polar surface area (TPSA) is 46.3 Å². The smallest absolute Gasteiger partial charge is 0.222 e. The lowest BCUT2D eigenvalue weighted by atomic mass is 10.1. The van der Waals surface area contributed by atoms with Crippen molar-refractivity contribution in [1.82, 2.24) is 4.90 Å². The number of rotatable bonds is 8. The molecule has 0 spiro atoms. The molecule has 0 aromatic heterocycles. The molecule has 0 saturated carbocycles. The standard InChI is InChI=1S/C12H26N2O/c1-4-6-10-14(5-2)12(15)9-7-8-11(3)13/h11H,4-10,13H2,1-3H3. The first-order chi connectivity index (χ1) is 7.11. The van der Waals surface area contributed by atoms with Crippen LogP contribution in [0.15, 0.2) is 0 Å².